The normalized spacial score (nSPS) is 18.2. The van der Waals surface area contributed by atoms with Crippen LogP contribution in [0.2, 0.25) is 0 Å². The highest BCUT2D eigenvalue weighted by molar-refractivity contribution is 5.94. The first-order valence-electron chi connectivity index (χ1n) is 8.66. The minimum atomic E-state index is 0.209. The molecule has 2 aromatic rings. The summed E-state index contributed by atoms with van der Waals surface area (Å²) in [5.41, 5.74) is 3.69. The minimum absolute atomic E-state index is 0.209. The molecule has 2 heterocycles. The highest BCUT2D eigenvalue weighted by Gasteiger charge is 2.24. The molecular weight excluding hydrogens is 286 g/mol. The van der Waals surface area contributed by atoms with Gasteiger partial charge in [-0.3, -0.25) is 4.79 Å². The number of hydrogen-bond donors (Lipinski definition) is 0. The monoisotopic (exact) mass is 309 g/mol. The van der Waals surface area contributed by atoms with Gasteiger partial charge in [0.05, 0.1) is 6.33 Å². The van der Waals surface area contributed by atoms with Crippen molar-refractivity contribution < 1.29 is 4.79 Å². The Bertz CT molecular complexity index is 685. The van der Waals surface area contributed by atoms with Gasteiger partial charge >= 0.3 is 0 Å². The number of hydrogen-bond acceptors (Lipinski definition) is 2. The summed E-state index contributed by atoms with van der Waals surface area (Å²) in [4.78, 5) is 18.9. The second-order valence-electron chi connectivity index (χ2n) is 6.83. The number of rotatable bonds is 3. The Balaban J connectivity index is 1.37. The first-order chi connectivity index (χ1) is 11.3. The van der Waals surface area contributed by atoms with Crippen molar-refractivity contribution in [3.8, 4) is 0 Å². The Kier molecular flexibility index (Phi) is 3.90. The number of carbonyl (C=O) groups excluding carboxylic acids is 1. The molecule has 1 aliphatic carbocycles. The molecule has 1 aromatic heterocycles. The van der Waals surface area contributed by atoms with Crippen LogP contribution in [-0.2, 0) is 19.4 Å². The smallest absolute Gasteiger partial charge is 0.253 e. The number of likely N-dealkylation sites (tertiary alicyclic amines) is 1. The number of aromatic nitrogens is 2. The zero-order chi connectivity index (χ0) is 15.6. The Morgan fingerprint density at radius 1 is 1.17 bits per heavy atom. The van der Waals surface area contributed by atoms with Crippen LogP contribution >= 0.6 is 0 Å². The number of piperidine rings is 1. The number of imidazole rings is 1. The number of carbonyl (C=O) groups is 1. The number of benzene rings is 1. The molecule has 4 nitrogen and oxygen atoms in total. The molecule has 1 saturated heterocycles. The van der Waals surface area contributed by atoms with Crippen molar-refractivity contribution in [2.75, 3.05) is 13.1 Å². The highest BCUT2D eigenvalue weighted by Crippen LogP contribution is 2.25. The molecule has 0 bridgehead atoms. The second kappa shape index (κ2) is 6.19. The molecule has 1 aliphatic heterocycles. The van der Waals surface area contributed by atoms with E-state index in [0.717, 1.165) is 44.5 Å². The van der Waals surface area contributed by atoms with Crippen molar-refractivity contribution in [3.63, 3.8) is 0 Å². The Hall–Kier alpha value is -2.10. The summed E-state index contributed by atoms with van der Waals surface area (Å²) in [7, 11) is 0. The largest absolute Gasteiger partial charge is 0.339 e. The molecule has 120 valence electrons. The van der Waals surface area contributed by atoms with E-state index in [4.69, 9.17) is 0 Å². The average molecular weight is 309 g/mol. The second-order valence-corrected chi connectivity index (χ2v) is 6.83. The lowest BCUT2D eigenvalue weighted by Gasteiger charge is -2.32. The van der Waals surface area contributed by atoms with Gasteiger partial charge in [-0.05, 0) is 61.3 Å². The molecule has 4 rings (SSSR count). The van der Waals surface area contributed by atoms with Crippen LogP contribution < -0.4 is 0 Å². The Morgan fingerprint density at radius 3 is 2.78 bits per heavy atom. The predicted molar refractivity (Wildman–Crippen MR) is 89.3 cm³/mol. The fraction of sp³-hybridized carbons (Fsp3) is 0.474. The molecule has 0 unspecified atom stereocenters. The van der Waals surface area contributed by atoms with Crippen LogP contribution in [0.5, 0.6) is 0 Å². The van der Waals surface area contributed by atoms with E-state index in [9.17, 15) is 4.79 Å². The zero-order valence-corrected chi connectivity index (χ0v) is 13.4. The average Bonchev–Trinajstić information content (AvgIpc) is 3.25. The van der Waals surface area contributed by atoms with Crippen LogP contribution in [0.25, 0.3) is 0 Å². The van der Waals surface area contributed by atoms with Gasteiger partial charge in [0, 0.05) is 37.6 Å². The standard InChI is InChI=1S/C19H23N3O/c23-19(18-5-4-16-2-1-3-17(16)12-18)22-9-6-15(7-10-22)13-21-11-8-20-14-21/h4-5,8,11-12,14-15H,1-3,6-7,9-10,13H2. The van der Waals surface area contributed by atoms with Gasteiger partial charge in [-0.25, -0.2) is 4.98 Å². The topological polar surface area (TPSA) is 38.1 Å². The third-order valence-corrected chi connectivity index (χ3v) is 5.28. The Morgan fingerprint density at radius 2 is 2.00 bits per heavy atom. The van der Waals surface area contributed by atoms with Crippen LogP contribution in [0.15, 0.2) is 36.9 Å². The molecule has 4 heteroatoms. The molecule has 2 aliphatic rings. The fourth-order valence-electron chi connectivity index (χ4n) is 3.90. The fourth-order valence-corrected chi connectivity index (χ4v) is 3.90. The van der Waals surface area contributed by atoms with E-state index in [-0.39, 0.29) is 5.91 Å². The van der Waals surface area contributed by atoms with E-state index in [1.807, 2.05) is 29.7 Å². The maximum atomic E-state index is 12.7. The van der Waals surface area contributed by atoms with Crippen LogP contribution in [0.4, 0.5) is 0 Å². The molecule has 23 heavy (non-hydrogen) atoms. The molecule has 1 fully saturated rings. The van der Waals surface area contributed by atoms with Gasteiger partial charge in [-0.2, -0.15) is 0 Å². The summed E-state index contributed by atoms with van der Waals surface area (Å²) in [6.07, 6.45) is 11.4. The number of nitrogens with zero attached hydrogens (tertiary/aromatic N) is 3. The minimum Gasteiger partial charge on any atom is -0.339 e. The summed E-state index contributed by atoms with van der Waals surface area (Å²) in [6.45, 7) is 2.76. The Labute approximate surface area is 137 Å². The van der Waals surface area contributed by atoms with Crippen LogP contribution in [-0.4, -0.2) is 33.4 Å². The summed E-state index contributed by atoms with van der Waals surface area (Å²) in [5.74, 6) is 0.856. The van der Waals surface area contributed by atoms with E-state index < -0.39 is 0 Å². The molecule has 0 saturated carbocycles. The predicted octanol–water partition coefficient (Wildman–Crippen LogP) is 2.92. The number of fused-ring (bicyclic) bond motifs is 1. The third-order valence-electron chi connectivity index (χ3n) is 5.28. The lowest BCUT2D eigenvalue weighted by Crippen LogP contribution is -2.39. The molecule has 1 aromatic carbocycles. The summed E-state index contributed by atoms with van der Waals surface area (Å²) in [6, 6.07) is 6.30. The lowest BCUT2D eigenvalue weighted by atomic mass is 9.96. The van der Waals surface area contributed by atoms with E-state index in [1.54, 1.807) is 0 Å². The first kappa shape index (κ1) is 14.5. The van der Waals surface area contributed by atoms with Gasteiger partial charge in [-0.15, -0.1) is 0 Å². The molecule has 0 N–H and O–H groups in total. The van der Waals surface area contributed by atoms with Crippen molar-refractivity contribution >= 4 is 5.91 Å². The van der Waals surface area contributed by atoms with Gasteiger partial charge in [0.15, 0.2) is 0 Å². The van der Waals surface area contributed by atoms with Gasteiger partial charge in [0.2, 0.25) is 0 Å². The van der Waals surface area contributed by atoms with Crippen LogP contribution in [0, 0.1) is 5.92 Å². The van der Waals surface area contributed by atoms with Crippen molar-refractivity contribution in [1.29, 1.82) is 0 Å². The first-order valence-corrected chi connectivity index (χ1v) is 8.66. The lowest BCUT2D eigenvalue weighted by molar-refractivity contribution is 0.0683. The van der Waals surface area contributed by atoms with Crippen LogP contribution in [0.3, 0.4) is 0 Å². The number of amides is 1. The van der Waals surface area contributed by atoms with Gasteiger partial charge in [0.1, 0.15) is 0 Å². The summed E-state index contributed by atoms with van der Waals surface area (Å²) >= 11 is 0. The van der Waals surface area contributed by atoms with Gasteiger partial charge in [0.25, 0.3) is 5.91 Å². The highest BCUT2D eigenvalue weighted by atomic mass is 16.2. The maximum Gasteiger partial charge on any atom is 0.253 e. The van der Waals surface area contributed by atoms with E-state index in [1.165, 1.54) is 24.0 Å². The van der Waals surface area contributed by atoms with E-state index in [0.29, 0.717) is 5.92 Å². The van der Waals surface area contributed by atoms with Crippen molar-refractivity contribution in [3.05, 3.63) is 53.6 Å². The molecule has 1 amide bonds. The van der Waals surface area contributed by atoms with E-state index in [2.05, 4.69) is 21.7 Å². The molecule has 0 spiro atoms. The van der Waals surface area contributed by atoms with Crippen molar-refractivity contribution in [2.45, 2.75) is 38.6 Å². The summed E-state index contributed by atoms with van der Waals surface area (Å²) in [5, 5.41) is 0. The van der Waals surface area contributed by atoms with Gasteiger partial charge in [-0.1, -0.05) is 6.07 Å². The SMILES string of the molecule is O=C(c1ccc2c(c1)CCC2)N1CCC(Cn2ccnc2)CC1. The third kappa shape index (κ3) is 3.03. The van der Waals surface area contributed by atoms with Crippen molar-refractivity contribution in [1.82, 2.24) is 14.5 Å². The maximum absolute atomic E-state index is 12.7. The zero-order valence-electron chi connectivity index (χ0n) is 13.4. The van der Waals surface area contributed by atoms with E-state index >= 15 is 0 Å². The number of aryl methyl sites for hydroxylation is 2. The van der Waals surface area contributed by atoms with Gasteiger partial charge < -0.3 is 9.47 Å². The van der Waals surface area contributed by atoms with Crippen molar-refractivity contribution in [2.24, 2.45) is 5.92 Å². The summed E-state index contributed by atoms with van der Waals surface area (Å²) < 4.78 is 2.14. The molecule has 0 atom stereocenters. The molecule has 0 radical (unpaired) electrons. The molecular formula is C19H23N3O. The quantitative estimate of drug-likeness (QED) is 0.874. The van der Waals surface area contributed by atoms with Crippen LogP contribution in [0.1, 0.15) is 40.7 Å².